The lowest BCUT2D eigenvalue weighted by atomic mass is 10.1. The quantitative estimate of drug-likeness (QED) is 0.561. The third-order valence-corrected chi connectivity index (χ3v) is 2.86. The van der Waals surface area contributed by atoms with Gasteiger partial charge in [-0.2, -0.15) is 0 Å². The van der Waals surface area contributed by atoms with Crippen molar-refractivity contribution in [2.24, 2.45) is 5.92 Å². The number of nitro groups is 1. The minimum atomic E-state index is -0.927. The number of ether oxygens (including phenoxy) is 1. The van der Waals surface area contributed by atoms with Crippen molar-refractivity contribution in [2.75, 3.05) is 18.5 Å². The summed E-state index contributed by atoms with van der Waals surface area (Å²) < 4.78 is 5.22. The number of para-hydroxylation sites is 1. The Morgan fingerprint density at radius 1 is 1.50 bits per heavy atom. The fourth-order valence-electron chi connectivity index (χ4n) is 1.76. The molecule has 0 aromatic heterocycles. The van der Waals surface area contributed by atoms with Crippen molar-refractivity contribution in [2.45, 2.75) is 20.3 Å². The Morgan fingerprint density at radius 3 is 2.70 bits per heavy atom. The Kier molecular flexibility index (Phi) is 5.76. The molecule has 0 aliphatic rings. The highest BCUT2D eigenvalue weighted by Crippen LogP contribution is 2.34. The highest BCUT2D eigenvalue weighted by molar-refractivity contribution is 5.72. The van der Waals surface area contributed by atoms with Crippen molar-refractivity contribution in [1.82, 2.24) is 0 Å². The summed E-state index contributed by atoms with van der Waals surface area (Å²) in [6.45, 7) is 3.94. The minimum Gasteiger partial charge on any atom is -0.487 e. The lowest BCUT2D eigenvalue weighted by molar-refractivity contribution is -0.384. The molecule has 2 N–H and O–H groups in total. The third kappa shape index (κ3) is 3.84. The third-order valence-electron chi connectivity index (χ3n) is 2.86. The molecule has 0 amide bonds. The Balaban J connectivity index is 2.97. The number of anilines is 1. The first-order chi connectivity index (χ1) is 9.51. The lowest BCUT2D eigenvalue weighted by Gasteiger charge is -2.13. The van der Waals surface area contributed by atoms with E-state index < -0.39 is 16.8 Å². The van der Waals surface area contributed by atoms with E-state index in [0.29, 0.717) is 13.0 Å². The Labute approximate surface area is 116 Å². The molecule has 1 rings (SSSR count). The van der Waals surface area contributed by atoms with E-state index in [-0.39, 0.29) is 23.7 Å². The zero-order valence-electron chi connectivity index (χ0n) is 11.5. The number of benzene rings is 1. The Hall–Kier alpha value is -2.31. The zero-order chi connectivity index (χ0) is 15.1. The van der Waals surface area contributed by atoms with Crippen molar-refractivity contribution in [3.05, 3.63) is 28.3 Å². The van der Waals surface area contributed by atoms with Crippen LogP contribution >= 0.6 is 0 Å². The van der Waals surface area contributed by atoms with Crippen LogP contribution in [0.5, 0.6) is 5.75 Å². The maximum absolute atomic E-state index is 11.1. The maximum atomic E-state index is 11.1. The van der Waals surface area contributed by atoms with Gasteiger partial charge in [0.2, 0.25) is 0 Å². The molecule has 20 heavy (non-hydrogen) atoms. The molecule has 0 spiro atoms. The predicted molar refractivity (Wildman–Crippen MR) is 74.2 cm³/mol. The second kappa shape index (κ2) is 7.32. The van der Waals surface area contributed by atoms with Crippen LogP contribution in [-0.4, -0.2) is 29.2 Å². The van der Waals surface area contributed by atoms with Gasteiger partial charge in [0, 0.05) is 6.54 Å². The predicted octanol–water partition coefficient (Wildman–Crippen LogP) is 2.52. The zero-order valence-corrected chi connectivity index (χ0v) is 11.5. The number of hydrogen-bond donors (Lipinski definition) is 2. The summed E-state index contributed by atoms with van der Waals surface area (Å²) >= 11 is 0. The van der Waals surface area contributed by atoms with Gasteiger partial charge >= 0.3 is 11.7 Å². The second-order valence-corrected chi connectivity index (χ2v) is 4.17. The molecule has 1 aromatic carbocycles. The summed E-state index contributed by atoms with van der Waals surface area (Å²) in [7, 11) is 0. The largest absolute Gasteiger partial charge is 0.487 e. The molecule has 0 saturated heterocycles. The summed E-state index contributed by atoms with van der Waals surface area (Å²) in [5.41, 5.74) is 0.0928. The molecule has 0 bridgehead atoms. The average molecular weight is 282 g/mol. The number of rotatable bonds is 8. The van der Waals surface area contributed by atoms with Crippen LogP contribution in [0, 0.1) is 16.0 Å². The fraction of sp³-hybridized carbons (Fsp3) is 0.462. The van der Waals surface area contributed by atoms with Crippen LogP contribution in [0.2, 0.25) is 0 Å². The molecular formula is C13H18N2O5. The Bertz CT molecular complexity index is 490. The van der Waals surface area contributed by atoms with Crippen LogP contribution < -0.4 is 10.1 Å². The SMILES string of the molecule is CCOc1cccc(NCC(CC)C(=O)O)c1[N+](=O)[O-]. The molecule has 110 valence electrons. The van der Waals surface area contributed by atoms with Crippen LogP contribution in [0.25, 0.3) is 0 Å². The normalized spacial score (nSPS) is 11.7. The van der Waals surface area contributed by atoms with Crippen LogP contribution in [0.15, 0.2) is 18.2 Å². The smallest absolute Gasteiger partial charge is 0.333 e. The summed E-state index contributed by atoms with van der Waals surface area (Å²) in [6, 6.07) is 4.68. The van der Waals surface area contributed by atoms with Gasteiger partial charge in [-0.3, -0.25) is 14.9 Å². The van der Waals surface area contributed by atoms with Crippen molar-refractivity contribution < 1.29 is 19.6 Å². The van der Waals surface area contributed by atoms with Crippen molar-refractivity contribution >= 4 is 17.3 Å². The lowest BCUT2D eigenvalue weighted by Crippen LogP contribution is -2.22. The van der Waals surface area contributed by atoms with E-state index in [1.165, 1.54) is 12.1 Å². The molecule has 0 aliphatic heterocycles. The van der Waals surface area contributed by atoms with E-state index in [0.717, 1.165) is 0 Å². The van der Waals surface area contributed by atoms with Gasteiger partial charge in [-0.05, 0) is 25.5 Å². The molecule has 0 fully saturated rings. The molecule has 0 saturated carbocycles. The van der Waals surface area contributed by atoms with Crippen molar-refractivity contribution in [1.29, 1.82) is 0 Å². The van der Waals surface area contributed by atoms with Crippen LogP contribution in [0.4, 0.5) is 11.4 Å². The molecule has 1 atom stereocenters. The molecular weight excluding hydrogens is 264 g/mol. The van der Waals surface area contributed by atoms with Gasteiger partial charge in [0.1, 0.15) is 5.69 Å². The van der Waals surface area contributed by atoms with E-state index in [2.05, 4.69) is 5.32 Å². The minimum absolute atomic E-state index is 0.127. The number of carboxylic acid groups (broad SMARTS) is 1. The molecule has 0 heterocycles. The van der Waals surface area contributed by atoms with E-state index in [9.17, 15) is 14.9 Å². The standard InChI is InChI=1S/C13H18N2O5/c1-3-9(13(16)17)8-14-10-6-5-7-11(20-4-2)12(10)15(18)19/h5-7,9,14H,3-4,8H2,1-2H3,(H,16,17). The average Bonchev–Trinajstić information content (AvgIpc) is 2.39. The molecule has 1 unspecified atom stereocenters. The molecule has 7 nitrogen and oxygen atoms in total. The first kappa shape index (κ1) is 15.7. The van der Waals surface area contributed by atoms with Crippen molar-refractivity contribution in [3.63, 3.8) is 0 Å². The molecule has 7 heteroatoms. The topological polar surface area (TPSA) is 102 Å². The summed E-state index contributed by atoms with van der Waals surface area (Å²) in [4.78, 5) is 21.5. The van der Waals surface area contributed by atoms with Gasteiger partial charge in [0.25, 0.3) is 0 Å². The Morgan fingerprint density at radius 2 is 2.20 bits per heavy atom. The van der Waals surface area contributed by atoms with Crippen molar-refractivity contribution in [3.8, 4) is 5.75 Å². The van der Waals surface area contributed by atoms with E-state index in [4.69, 9.17) is 9.84 Å². The highest BCUT2D eigenvalue weighted by Gasteiger charge is 2.22. The number of carboxylic acids is 1. The van der Waals surface area contributed by atoms with Gasteiger partial charge in [0.05, 0.1) is 17.4 Å². The fourth-order valence-corrected chi connectivity index (χ4v) is 1.76. The molecule has 0 aliphatic carbocycles. The van der Waals surface area contributed by atoms with Gasteiger partial charge in [-0.15, -0.1) is 0 Å². The van der Waals surface area contributed by atoms with Gasteiger partial charge < -0.3 is 15.2 Å². The number of carbonyl (C=O) groups is 1. The molecule has 1 aromatic rings. The summed E-state index contributed by atoms with van der Waals surface area (Å²) in [6.07, 6.45) is 0.446. The first-order valence-corrected chi connectivity index (χ1v) is 6.38. The van der Waals surface area contributed by atoms with Gasteiger partial charge in [-0.25, -0.2) is 0 Å². The number of hydrogen-bond acceptors (Lipinski definition) is 5. The monoisotopic (exact) mass is 282 g/mol. The second-order valence-electron chi connectivity index (χ2n) is 4.17. The number of nitro benzene ring substituents is 1. The van der Waals surface area contributed by atoms with E-state index >= 15 is 0 Å². The van der Waals surface area contributed by atoms with Crippen LogP contribution in [0.1, 0.15) is 20.3 Å². The van der Waals surface area contributed by atoms with E-state index in [1.54, 1.807) is 19.9 Å². The molecule has 0 radical (unpaired) electrons. The van der Waals surface area contributed by atoms with Gasteiger partial charge in [-0.1, -0.05) is 13.0 Å². The van der Waals surface area contributed by atoms with Gasteiger partial charge in [0.15, 0.2) is 5.75 Å². The van der Waals surface area contributed by atoms with Crippen LogP contribution in [-0.2, 0) is 4.79 Å². The summed E-state index contributed by atoms with van der Waals surface area (Å²) in [5.74, 6) is -1.35. The number of nitrogens with one attached hydrogen (secondary N) is 1. The highest BCUT2D eigenvalue weighted by atomic mass is 16.6. The van der Waals surface area contributed by atoms with Crippen LogP contribution in [0.3, 0.4) is 0 Å². The first-order valence-electron chi connectivity index (χ1n) is 6.38. The number of aliphatic carboxylic acids is 1. The number of nitrogens with zero attached hydrogens (tertiary/aromatic N) is 1. The van der Waals surface area contributed by atoms with E-state index in [1.807, 2.05) is 0 Å². The summed E-state index contributed by atoms with van der Waals surface area (Å²) in [5, 5.41) is 22.9. The maximum Gasteiger partial charge on any atom is 0.333 e.